The minimum atomic E-state index is -0.138. The molecule has 0 N–H and O–H groups in total. The monoisotopic (exact) mass is 267 g/mol. The summed E-state index contributed by atoms with van der Waals surface area (Å²) in [5.41, 5.74) is 1.30. The maximum absolute atomic E-state index is 12.5. The van der Waals surface area contributed by atoms with Crippen molar-refractivity contribution in [2.24, 2.45) is 17.8 Å². The van der Waals surface area contributed by atoms with Crippen LogP contribution in [0.4, 0.5) is 5.69 Å². The van der Waals surface area contributed by atoms with Gasteiger partial charge in [-0.2, -0.15) is 0 Å². The number of fused-ring (bicyclic) bond motifs is 1. The number of benzene rings is 1. The van der Waals surface area contributed by atoms with Crippen LogP contribution in [-0.4, -0.2) is 11.8 Å². The third-order valence-corrected chi connectivity index (χ3v) is 4.46. The molecule has 1 heterocycles. The van der Waals surface area contributed by atoms with Gasteiger partial charge in [-0.1, -0.05) is 18.9 Å². The molecule has 2 aliphatic rings. The summed E-state index contributed by atoms with van der Waals surface area (Å²) in [5, 5.41) is 0. The lowest BCUT2D eigenvalue weighted by Crippen LogP contribution is -2.30. The van der Waals surface area contributed by atoms with E-state index in [4.69, 9.17) is 6.42 Å². The first kappa shape index (κ1) is 12.9. The fourth-order valence-electron chi connectivity index (χ4n) is 3.38. The molecule has 1 saturated carbocycles. The number of hydrogen-bond donors (Lipinski definition) is 0. The van der Waals surface area contributed by atoms with E-state index in [2.05, 4.69) is 12.8 Å². The van der Waals surface area contributed by atoms with Gasteiger partial charge in [0.25, 0.3) is 0 Å². The van der Waals surface area contributed by atoms with E-state index in [0.717, 1.165) is 19.3 Å². The Morgan fingerprint density at radius 3 is 2.70 bits per heavy atom. The second-order valence-corrected chi connectivity index (χ2v) is 5.84. The highest BCUT2D eigenvalue weighted by atomic mass is 16.2. The molecule has 2 amide bonds. The topological polar surface area (TPSA) is 37.4 Å². The maximum Gasteiger partial charge on any atom is 0.237 e. The lowest BCUT2D eigenvalue weighted by molar-refractivity contribution is -0.122. The van der Waals surface area contributed by atoms with Crippen LogP contribution in [0.2, 0.25) is 0 Å². The molecular weight excluding hydrogens is 250 g/mol. The molecule has 0 bridgehead atoms. The fraction of sp³-hybridized carbons (Fsp3) is 0.412. The normalized spacial score (nSPS) is 29.2. The average Bonchev–Trinajstić information content (AvgIpc) is 2.70. The Balaban J connectivity index is 1.96. The Hall–Kier alpha value is -2.08. The van der Waals surface area contributed by atoms with E-state index >= 15 is 0 Å². The van der Waals surface area contributed by atoms with Crippen molar-refractivity contribution in [2.75, 3.05) is 4.90 Å². The van der Waals surface area contributed by atoms with Gasteiger partial charge in [0.2, 0.25) is 11.8 Å². The molecule has 1 aliphatic carbocycles. The molecule has 2 fully saturated rings. The predicted octanol–water partition coefficient (Wildman–Crippen LogP) is 2.59. The van der Waals surface area contributed by atoms with Crippen LogP contribution in [0, 0.1) is 30.1 Å². The first-order chi connectivity index (χ1) is 9.61. The van der Waals surface area contributed by atoms with Crippen LogP contribution in [-0.2, 0) is 9.59 Å². The van der Waals surface area contributed by atoms with Crippen LogP contribution in [0.1, 0.15) is 31.7 Å². The second-order valence-electron chi connectivity index (χ2n) is 5.84. The van der Waals surface area contributed by atoms with Gasteiger partial charge in [-0.05, 0) is 43.4 Å². The molecule has 3 heteroatoms. The molecule has 1 aliphatic heterocycles. The molecule has 3 nitrogen and oxygen atoms in total. The van der Waals surface area contributed by atoms with Crippen molar-refractivity contribution in [2.45, 2.75) is 26.2 Å². The first-order valence-electron chi connectivity index (χ1n) is 7.06. The Morgan fingerprint density at radius 1 is 1.20 bits per heavy atom. The van der Waals surface area contributed by atoms with Crippen molar-refractivity contribution in [3.8, 4) is 12.3 Å². The number of anilines is 1. The number of hydrogen-bond acceptors (Lipinski definition) is 2. The van der Waals surface area contributed by atoms with Gasteiger partial charge < -0.3 is 0 Å². The molecule has 102 valence electrons. The summed E-state index contributed by atoms with van der Waals surface area (Å²) >= 11 is 0. The Bertz CT molecular complexity index is 614. The molecule has 0 unspecified atom stereocenters. The second kappa shape index (κ2) is 4.79. The van der Waals surface area contributed by atoms with Crippen molar-refractivity contribution in [1.82, 2.24) is 0 Å². The van der Waals surface area contributed by atoms with Gasteiger partial charge in [0.15, 0.2) is 0 Å². The summed E-state index contributed by atoms with van der Waals surface area (Å²) in [6, 6.07) is 7.09. The van der Waals surface area contributed by atoms with E-state index in [9.17, 15) is 9.59 Å². The number of amides is 2. The van der Waals surface area contributed by atoms with Crippen LogP contribution in [0.5, 0.6) is 0 Å². The summed E-state index contributed by atoms with van der Waals surface area (Å²) in [6.45, 7) is 2.15. The fourth-order valence-corrected chi connectivity index (χ4v) is 3.38. The van der Waals surface area contributed by atoms with Crippen LogP contribution in [0.15, 0.2) is 24.3 Å². The highest BCUT2D eigenvalue weighted by Crippen LogP contribution is 2.42. The quantitative estimate of drug-likeness (QED) is 0.579. The molecule has 0 aromatic heterocycles. The number of imide groups is 1. The largest absolute Gasteiger partial charge is 0.274 e. The van der Waals surface area contributed by atoms with E-state index in [1.165, 1.54) is 4.90 Å². The maximum atomic E-state index is 12.5. The summed E-state index contributed by atoms with van der Waals surface area (Å²) in [6.07, 6.45) is 8.05. The van der Waals surface area contributed by atoms with Crippen LogP contribution < -0.4 is 4.90 Å². The zero-order chi connectivity index (χ0) is 14.3. The molecule has 3 atom stereocenters. The minimum absolute atomic E-state index is 0.0546. The third-order valence-electron chi connectivity index (χ3n) is 4.46. The Kier molecular flexibility index (Phi) is 3.10. The number of nitrogens with zero attached hydrogens (tertiary/aromatic N) is 1. The molecule has 1 aromatic carbocycles. The summed E-state index contributed by atoms with van der Waals surface area (Å²) in [4.78, 5) is 26.4. The van der Waals surface area contributed by atoms with Crippen molar-refractivity contribution >= 4 is 17.5 Å². The van der Waals surface area contributed by atoms with Gasteiger partial charge in [-0.25, -0.2) is 0 Å². The van der Waals surface area contributed by atoms with E-state index in [0.29, 0.717) is 17.2 Å². The van der Waals surface area contributed by atoms with Crippen LogP contribution >= 0.6 is 0 Å². The van der Waals surface area contributed by atoms with Crippen molar-refractivity contribution < 1.29 is 9.59 Å². The van der Waals surface area contributed by atoms with Crippen molar-refractivity contribution in [3.05, 3.63) is 29.8 Å². The number of carbonyl (C=O) groups excluding carboxylic acids is 2. The highest BCUT2D eigenvalue weighted by Gasteiger charge is 2.49. The molecule has 1 aromatic rings. The number of terminal acetylenes is 1. The first-order valence-corrected chi connectivity index (χ1v) is 7.06. The van der Waals surface area contributed by atoms with E-state index < -0.39 is 0 Å². The van der Waals surface area contributed by atoms with Gasteiger partial charge in [0.1, 0.15) is 0 Å². The highest BCUT2D eigenvalue weighted by molar-refractivity contribution is 6.22. The van der Waals surface area contributed by atoms with Gasteiger partial charge in [-0.15, -0.1) is 6.42 Å². The van der Waals surface area contributed by atoms with Crippen LogP contribution in [0.25, 0.3) is 0 Å². The van der Waals surface area contributed by atoms with Gasteiger partial charge in [0.05, 0.1) is 17.5 Å². The molecule has 3 rings (SSSR count). The predicted molar refractivity (Wildman–Crippen MR) is 76.9 cm³/mol. The zero-order valence-electron chi connectivity index (χ0n) is 11.5. The van der Waals surface area contributed by atoms with Crippen molar-refractivity contribution in [3.63, 3.8) is 0 Å². The lowest BCUT2D eigenvalue weighted by atomic mass is 9.76. The van der Waals surface area contributed by atoms with E-state index in [1.807, 2.05) is 0 Å². The lowest BCUT2D eigenvalue weighted by Gasteiger charge is -2.25. The standard InChI is InChI=1S/C17H17NO2/c1-3-12-5-4-6-13(10-12)18-16(19)14-8-7-11(2)9-15(14)17(18)20/h1,4-6,10-11,14-15H,7-9H2,2H3/t11-,14-,15+/m0/s1. The summed E-state index contributed by atoms with van der Waals surface area (Å²) in [7, 11) is 0. The van der Waals surface area contributed by atoms with E-state index in [-0.39, 0.29) is 23.7 Å². The number of carbonyl (C=O) groups is 2. The molecule has 1 saturated heterocycles. The summed E-state index contributed by atoms with van der Waals surface area (Å²) in [5.74, 6) is 2.68. The summed E-state index contributed by atoms with van der Waals surface area (Å²) < 4.78 is 0. The van der Waals surface area contributed by atoms with E-state index in [1.54, 1.807) is 24.3 Å². The van der Waals surface area contributed by atoms with Crippen LogP contribution in [0.3, 0.4) is 0 Å². The molecule has 0 radical (unpaired) electrons. The molecular formula is C17H17NO2. The molecule has 20 heavy (non-hydrogen) atoms. The van der Waals surface area contributed by atoms with Gasteiger partial charge in [0, 0.05) is 5.56 Å². The number of rotatable bonds is 1. The molecule has 0 spiro atoms. The smallest absolute Gasteiger partial charge is 0.237 e. The van der Waals surface area contributed by atoms with Crippen molar-refractivity contribution in [1.29, 1.82) is 0 Å². The third kappa shape index (κ3) is 1.92. The zero-order valence-corrected chi connectivity index (χ0v) is 11.5. The average molecular weight is 267 g/mol. The Labute approximate surface area is 119 Å². The Morgan fingerprint density at radius 2 is 1.95 bits per heavy atom. The SMILES string of the molecule is C#Cc1cccc(N2C(=O)[C@H]3CC[C@H](C)C[C@H]3C2=O)c1. The minimum Gasteiger partial charge on any atom is -0.274 e. The van der Waals surface area contributed by atoms with Gasteiger partial charge >= 0.3 is 0 Å². The van der Waals surface area contributed by atoms with Gasteiger partial charge in [-0.3, -0.25) is 14.5 Å².